The molecule has 0 radical (unpaired) electrons. The molecule has 8 heteroatoms. The van der Waals surface area contributed by atoms with E-state index in [9.17, 15) is 12.8 Å². The number of rotatable bonds is 10. The summed E-state index contributed by atoms with van der Waals surface area (Å²) in [6.07, 6.45) is 12.1. The summed E-state index contributed by atoms with van der Waals surface area (Å²) >= 11 is 1.79. The van der Waals surface area contributed by atoms with E-state index in [1.165, 1.54) is 48.1 Å². The van der Waals surface area contributed by atoms with Gasteiger partial charge in [0.2, 0.25) is 0 Å². The van der Waals surface area contributed by atoms with Gasteiger partial charge in [0.15, 0.2) is 0 Å². The van der Waals surface area contributed by atoms with Crippen LogP contribution in [0.5, 0.6) is 0 Å². The summed E-state index contributed by atoms with van der Waals surface area (Å²) < 4.78 is 43.6. The van der Waals surface area contributed by atoms with Crippen LogP contribution >= 0.6 is 11.3 Å². The van der Waals surface area contributed by atoms with Gasteiger partial charge < -0.3 is 0 Å². The highest BCUT2D eigenvalue weighted by Gasteiger charge is 2.23. The van der Waals surface area contributed by atoms with Gasteiger partial charge in [-0.3, -0.25) is 9.62 Å². The Balaban J connectivity index is 1.16. The molecular formula is C32H42FN3O2S2. The van der Waals surface area contributed by atoms with Crippen molar-refractivity contribution in [1.29, 1.82) is 0 Å². The van der Waals surface area contributed by atoms with Gasteiger partial charge in [-0.15, -0.1) is 11.3 Å². The molecular weight excluding hydrogens is 542 g/mol. The molecule has 5 nitrogen and oxygen atoms in total. The zero-order valence-electron chi connectivity index (χ0n) is 24.0. The molecule has 5 rings (SSSR count). The standard InChI is InChI=1S/C32H42FN3O2S2/c1-32(2,3)31-34-21-27(39-31)16-18-36-17-15-25-20-28(13-12-26(25)22-36)40(37,38)35-30-14-11-24(19-29(30)33)10-6-9-23-7-4-5-8-23/h11-14,19-21,23,35H,4-10,15-18,22H2,1-3H3. The lowest BCUT2D eigenvalue weighted by atomic mass is 9.98. The van der Waals surface area contributed by atoms with Gasteiger partial charge in [-0.2, -0.15) is 0 Å². The van der Waals surface area contributed by atoms with Gasteiger partial charge in [0.05, 0.1) is 15.6 Å². The van der Waals surface area contributed by atoms with Crippen molar-refractivity contribution in [3.8, 4) is 0 Å². The van der Waals surface area contributed by atoms with Crippen molar-refractivity contribution in [3.63, 3.8) is 0 Å². The Labute approximate surface area is 243 Å². The Bertz CT molecular complexity index is 1420. The fourth-order valence-corrected chi connectivity index (χ4v) is 7.95. The number of benzene rings is 2. The first-order valence-corrected chi connectivity index (χ1v) is 17.0. The lowest BCUT2D eigenvalue weighted by Crippen LogP contribution is -2.32. The van der Waals surface area contributed by atoms with Crippen LogP contribution in [0.25, 0.3) is 0 Å². The number of thiazole rings is 1. The van der Waals surface area contributed by atoms with Gasteiger partial charge in [-0.05, 0) is 72.6 Å². The van der Waals surface area contributed by atoms with E-state index in [-0.39, 0.29) is 16.0 Å². The van der Waals surface area contributed by atoms with Gasteiger partial charge >= 0.3 is 0 Å². The molecule has 0 saturated heterocycles. The molecule has 0 bridgehead atoms. The lowest BCUT2D eigenvalue weighted by Gasteiger charge is -2.29. The normalized spacial score (nSPS) is 16.8. The number of aryl methyl sites for hydroxylation is 1. The monoisotopic (exact) mass is 583 g/mol. The molecule has 3 aromatic rings. The second kappa shape index (κ2) is 12.3. The van der Waals surface area contributed by atoms with E-state index in [1.54, 1.807) is 29.5 Å². The molecule has 0 unspecified atom stereocenters. The van der Waals surface area contributed by atoms with Gasteiger partial charge in [-0.25, -0.2) is 17.8 Å². The van der Waals surface area contributed by atoms with E-state index >= 15 is 0 Å². The van der Waals surface area contributed by atoms with Crippen molar-refractivity contribution < 1.29 is 12.8 Å². The molecule has 1 aliphatic heterocycles. The maximum Gasteiger partial charge on any atom is 0.261 e. The quantitative estimate of drug-likeness (QED) is 0.269. The molecule has 1 N–H and O–H groups in total. The zero-order chi connectivity index (χ0) is 28.3. The minimum Gasteiger partial charge on any atom is -0.298 e. The van der Waals surface area contributed by atoms with Crippen molar-refractivity contribution >= 4 is 27.0 Å². The van der Waals surface area contributed by atoms with Crippen molar-refractivity contribution in [2.75, 3.05) is 17.8 Å². The number of halogens is 1. The molecule has 2 heterocycles. The van der Waals surface area contributed by atoms with Crippen molar-refractivity contribution in [2.24, 2.45) is 5.92 Å². The third-order valence-electron chi connectivity index (χ3n) is 8.28. The largest absolute Gasteiger partial charge is 0.298 e. The number of sulfonamides is 1. The van der Waals surface area contributed by atoms with Crippen LogP contribution in [0.3, 0.4) is 0 Å². The van der Waals surface area contributed by atoms with Crippen molar-refractivity contribution in [1.82, 2.24) is 9.88 Å². The fourth-order valence-electron chi connectivity index (χ4n) is 5.88. The van der Waals surface area contributed by atoms with Crippen LogP contribution in [0.1, 0.15) is 85.9 Å². The topological polar surface area (TPSA) is 62.3 Å². The second-order valence-electron chi connectivity index (χ2n) is 12.6. The SMILES string of the molecule is CC(C)(C)c1ncc(CCN2CCc3cc(S(=O)(=O)Nc4ccc(CCCC5CCCC5)cc4F)ccc3C2)s1. The number of anilines is 1. The first-order valence-electron chi connectivity index (χ1n) is 14.7. The maximum atomic E-state index is 14.9. The summed E-state index contributed by atoms with van der Waals surface area (Å²) in [6, 6.07) is 10.2. The van der Waals surface area contributed by atoms with E-state index in [0.717, 1.165) is 67.9 Å². The highest BCUT2D eigenvalue weighted by Crippen LogP contribution is 2.30. The summed E-state index contributed by atoms with van der Waals surface area (Å²) in [4.78, 5) is 8.49. The number of nitrogens with one attached hydrogen (secondary N) is 1. The Kier molecular flexibility index (Phi) is 8.98. The third-order valence-corrected chi connectivity index (χ3v) is 11.1. The van der Waals surface area contributed by atoms with E-state index in [2.05, 4.69) is 35.4 Å². The van der Waals surface area contributed by atoms with Crippen LogP contribution in [-0.2, 0) is 41.2 Å². The van der Waals surface area contributed by atoms with E-state index in [4.69, 9.17) is 0 Å². The molecule has 1 saturated carbocycles. The molecule has 1 aromatic heterocycles. The smallest absolute Gasteiger partial charge is 0.261 e. The predicted molar refractivity (Wildman–Crippen MR) is 162 cm³/mol. The minimum atomic E-state index is -3.89. The molecule has 1 aliphatic carbocycles. The van der Waals surface area contributed by atoms with Gasteiger partial charge in [0.25, 0.3) is 10.0 Å². The first-order chi connectivity index (χ1) is 19.1. The van der Waals surface area contributed by atoms with Crippen LogP contribution in [0.4, 0.5) is 10.1 Å². The predicted octanol–water partition coefficient (Wildman–Crippen LogP) is 7.49. The molecule has 216 valence electrons. The Morgan fingerprint density at radius 3 is 2.60 bits per heavy atom. The van der Waals surface area contributed by atoms with Crippen LogP contribution in [-0.4, -0.2) is 31.4 Å². The number of fused-ring (bicyclic) bond motifs is 1. The number of hydrogen-bond donors (Lipinski definition) is 1. The number of aromatic nitrogens is 1. The first kappa shape index (κ1) is 29.2. The Morgan fingerprint density at radius 1 is 1.07 bits per heavy atom. The molecule has 2 aromatic carbocycles. The summed E-state index contributed by atoms with van der Waals surface area (Å²) in [7, 11) is -3.89. The Morgan fingerprint density at radius 2 is 1.88 bits per heavy atom. The maximum absolute atomic E-state index is 14.9. The molecule has 1 fully saturated rings. The van der Waals surface area contributed by atoms with Gasteiger partial charge in [0, 0.05) is 36.1 Å². The molecule has 0 amide bonds. The highest BCUT2D eigenvalue weighted by molar-refractivity contribution is 7.92. The average Bonchev–Trinajstić information content (AvgIpc) is 3.61. The minimum absolute atomic E-state index is 0.00104. The fraction of sp³-hybridized carbons (Fsp3) is 0.531. The van der Waals surface area contributed by atoms with E-state index in [1.807, 2.05) is 18.3 Å². The molecule has 40 heavy (non-hydrogen) atoms. The number of nitrogens with zero attached hydrogens (tertiary/aromatic N) is 2. The van der Waals surface area contributed by atoms with Crippen LogP contribution < -0.4 is 4.72 Å². The summed E-state index contributed by atoms with van der Waals surface area (Å²) in [5.74, 6) is 0.299. The molecule has 0 spiro atoms. The molecule has 2 aliphatic rings. The Hall–Kier alpha value is -2.29. The second-order valence-corrected chi connectivity index (χ2v) is 15.3. The third kappa shape index (κ3) is 7.31. The average molecular weight is 584 g/mol. The van der Waals surface area contributed by atoms with Crippen molar-refractivity contribution in [2.45, 2.75) is 95.4 Å². The van der Waals surface area contributed by atoms with Gasteiger partial charge in [0.1, 0.15) is 5.82 Å². The van der Waals surface area contributed by atoms with Gasteiger partial charge in [-0.1, -0.05) is 65.0 Å². The number of hydrogen-bond acceptors (Lipinski definition) is 5. The zero-order valence-corrected chi connectivity index (χ0v) is 25.6. The molecule has 0 atom stereocenters. The highest BCUT2D eigenvalue weighted by atomic mass is 32.2. The van der Waals surface area contributed by atoms with E-state index < -0.39 is 15.8 Å². The van der Waals surface area contributed by atoms with Crippen LogP contribution in [0, 0.1) is 11.7 Å². The summed E-state index contributed by atoms with van der Waals surface area (Å²) in [5, 5.41) is 1.17. The van der Waals surface area contributed by atoms with Crippen LogP contribution in [0.2, 0.25) is 0 Å². The van der Waals surface area contributed by atoms with Crippen LogP contribution in [0.15, 0.2) is 47.5 Å². The van der Waals surface area contributed by atoms with E-state index in [0.29, 0.717) is 0 Å². The lowest BCUT2D eigenvalue weighted by molar-refractivity contribution is 0.257. The summed E-state index contributed by atoms with van der Waals surface area (Å²) in [6.45, 7) is 9.19. The van der Waals surface area contributed by atoms with Crippen molar-refractivity contribution in [3.05, 3.63) is 75.0 Å². The summed E-state index contributed by atoms with van der Waals surface area (Å²) in [5.41, 5.74) is 3.19.